The Kier molecular flexibility index (Phi) is 22.9. The van der Waals surface area contributed by atoms with Crippen molar-refractivity contribution in [3.8, 4) is 0 Å². The second kappa shape index (κ2) is 28.0. The van der Waals surface area contributed by atoms with E-state index in [0.717, 1.165) is 12.8 Å². The molecule has 0 aliphatic rings. The number of rotatable bonds is 12. The third-order valence-electron chi connectivity index (χ3n) is 11.1. The summed E-state index contributed by atoms with van der Waals surface area (Å²) in [5.74, 6) is 0. The van der Waals surface area contributed by atoms with Gasteiger partial charge in [-0.3, -0.25) is 0 Å². The van der Waals surface area contributed by atoms with Gasteiger partial charge in [-0.25, -0.2) is 25.3 Å². The maximum absolute atomic E-state index is 10.7. The first-order valence-corrected chi connectivity index (χ1v) is 32.2. The van der Waals surface area contributed by atoms with Gasteiger partial charge in [-0.05, 0) is 160 Å². The first-order valence-electron chi connectivity index (χ1n) is 23.4. The summed E-state index contributed by atoms with van der Waals surface area (Å²) in [6.07, 6.45) is 1.88. The Morgan fingerprint density at radius 3 is 0.617 bits per heavy atom. The smallest absolute Gasteiger partial charge is 0.485 e. The van der Waals surface area contributed by atoms with E-state index in [1.54, 1.807) is 0 Å². The monoisotopic (exact) mass is 1330 g/mol. The highest BCUT2D eigenvalue weighted by Crippen LogP contribution is 2.34. The Morgan fingerprint density at radius 2 is 0.457 bits per heavy atom. The molecule has 0 aliphatic carbocycles. The van der Waals surface area contributed by atoms with E-state index in [-0.39, 0.29) is 43.0 Å². The third kappa shape index (κ3) is 20.6. The second-order valence-corrected chi connectivity index (χ2v) is 28.8. The predicted octanol–water partition coefficient (Wildman–Crippen LogP) is 10.6. The maximum Gasteiger partial charge on any atom is 0.485 e. The topological polar surface area (TPSA) is 172 Å². The van der Waals surface area contributed by atoms with Crippen molar-refractivity contribution in [1.29, 1.82) is 0 Å². The number of benzene rings is 8. The zero-order chi connectivity index (χ0) is 60.1. The summed E-state index contributed by atoms with van der Waals surface area (Å²) in [5, 5.41) is 0. The second-order valence-electron chi connectivity index (χ2n) is 17.6. The lowest BCUT2D eigenvalue weighted by atomic mass is 10.1. The standard InChI is InChI=1S/C54H48IS2.3CHF3O3S/c1-39-5-25-49(26-6-39)56(50-27-7-40(2)8-28-50)53-33-17-45(18-34-53)37-43-13-21-47(22-14-43)55-48-23-15-44(16-24-48)38-46-19-35-54(36-20-46)57(51-29-9-41(3)10-30-51)52-31-11-42(4)12-32-52;3*2-1(3,4)8(5,6)7/h5-36H,37-38H2,1-4H3;3*(H,5,6,7)/q+3;;;/p-3. The SMILES string of the molecule is Cc1ccc([S+](c2ccc(C)cc2)c2ccc(Cc3ccc([I+]c4ccc(Cc5ccc([S+](c6ccc(C)cc6)c6ccc(C)cc6)cc5)cc4)cc3)cc2)cc1.O=S(=O)([O-])C(F)(F)F.O=S(=O)([O-])C(F)(F)F.O=S(=O)([O-])C(F)(F)F. The molecule has 0 atom stereocenters. The molecule has 0 spiro atoms. The lowest BCUT2D eigenvalue weighted by molar-refractivity contribution is -0.597. The van der Waals surface area contributed by atoms with Gasteiger partial charge in [0.05, 0.1) is 21.8 Å². The molecule has 8 aromatic carbocycles. The molecule has 0 bridgehead atoms. The Balaban J connectivity index is 0.000000419. The van der Waals surface area contributed by atoms with E-state index in [2.05, 4.69) is 222 Å². The van der Waals surface area contributed by atoms with E-state index in [9.17, 15) is 39.5 Å². The van der Waals surface area contributed by atoms with E-state index < -0.39 is 46.9 Å². The Labute approximate surface area is 480 Å². The minimum Gasteiger partial charge on any atom is -0.741 e. The summed E-state index contributed by atoms with van der Waals surface area (Å²) in [4.78, 5) is 8.15. The molecule has 81 heavy (non-hydrogen) atoms. The third-order valence-corrected chi connectivity index (χ3v) is 19.9. The van der Waals surface area contributed by atoms with Crippen LogP contribution in [0.5, 0.6) is 0 Å². The van der Waals surface area contributed by atoms with Gasteiger partial charge in [0.25, 0.3) is 0 Å². The average Bonchev–Trinajstić information content (AvgIpc) is 3.42. The minimum absolute atomic E-state index is 0.133. The Hall–Kier alpha value is -5.71. The highest BCUT2D eigenvalue weighted by molar-refractivity contribution is 7.97. The quantitative estimate of drug-likeness (QED) is 0.0379. The van der Waals surface area contributed by atoms with Crippen LogP contribution >= 0.6 is 0 Å². The summed E-state index contributed by atoms with van der Waals surface area (Å²) >= 11 is -0.239. The highest BCUT2D eigenvalue weighted by atomic mass is 127. The maximum atomic E-state index is 10.7. The summed E-state index contributed by atoms with van der Waals surface area (Å²) < 4.78 is 180. The number of hydrogen-bond acceptors (Lipinski definition) is 9. The van der Waals surface area contributed by atoms with Gasteiger partial charge in [-0.1, -0.05) is 119 Å². The molecule has 0 fully saturated rings. The summed E-state index contributed by atoms with van der Waals surface area (Å²) in [7, 11) is -18.5. The fraction of sp³-hybridized carbons (Fsp3) is 0.158. The first kappa shape index (κ1) is 66.1. The van der Waals surface area contributed by atoms with E-state index in [0.29, 0.717) is 0 Å². The number of halogens is 10. The molecule has 0 radical (unpaired) electrons. The summed E-state index contributed by atoms with van der Waals surface area (Å²) in [5.41, 5.74) is -6.35. The van der Waals surface area contributed by atoms with Crippen molar-refractivity contribution in [3.05, 3.63) is 246 Å². The molecule has 430 valence electrons. The van der Waals surface area contributed by atoms with Crippen LogP contribution in [0.1, 0.15) is 44.5 Å². The zero-order valence-electron chi connectivity index (χ0n) is 42.9. The van der Waals surface area contributed by atoms with Crippen LogP contribution in [-0.4, -0.2) is 55.4 Å². The number of hydrogen-bond donors (Lipinski definition) is 0. The van der Waals surface area contributed by atoms with Crippen LogP contribution in [-0.2, 0) is 65.0 Å². The van der Waals surface area contributed by atoms with Gasteiger partial charge in [0, 0.05) is 0 Å². The molecule has 0 saturated heterocycles. The van der Waals surface area contributed by atoms with Crippen molar-refractivity contribution in [2.45, 2.75) is 86.4 Å². The van der Waals surface area contributed by atoms with Crippen molar-refractivity contribution in [2.75, 3.05) is 0 Å². The van der Waals surface area contributed by atoms with E-state index in [1.165, 1.54) is 81.0 Å². The van der Waals surface area contributed by atoms with Crippen LogP contribution in [0, 0.1) is 34.8 Å². The molecule has 9 nitrogen and oxygen atoms in total. The molecule has 8 rings (SSSR count). The van der Waals surface area contributed by atoms with Crippen LogP contribution < -0.4 is 21.2 Å². The largest absolute Gasteiger partial charge is 0.741 e. The van der Waals surface area contributed by atoms with Crippen molar-refractivity contribution >= 4 is 52.1 Å². The zero-order valence-corrected chi connectivity index (χ0v) is 49.1. The fourth-order valence-corrected chi connectivity index (χ4v) is 13.2. The van der Waals surface area contributed by atoms with E-state index in [1.807, 2.05) is 0 Å². The molecule has 0 amide bonds. The van der Waals surface area contributed by atoms with Crippen LogP contribution in [0.2, 0.25) is 0 Å². The molecule has 24 heteroatoms. The van der Waals surface area contributed by atoms with Crippen LogP contribution in [0.3, 0.4) is 0 Å². The minimum atomic E-state index is -6.09. The molecule has 0 aliphatic heterocycles. The fourth-order valence-electron chi connectivity index (χ4n) is 6.93. The van der Waals surface area contributed by atoms with Gasteiger partial charge in [0.15, 0.2) is 66.9 Å². The van der Waals surface area contributed by atoms with Gasteiger partial charge in [0.2, 0.25) is 0 Å². The van der Waals surface area contributed by atoms with Crippen LogP contribution in [0.4, 0.5) is 39.5 Å². The van der Waals surface area contributed by atoms with Crippen molar-refractivity contribution in [3.63, 3.8) is 0 Å². The lowest BCUT2D eigenvalue weighted by Gasteiger charge is -2.10. The molecule has 0 heterocycles. The van der Waals surface area contributed by atoms with E-state index >= 15 is 0 Å². The number of alkyl halides is 9. The van der Waals surface area contributed by atoms with Crippen molar-refractivity contribution in [1.82, 2.24) is 0 Å². The van der Waals surface area contributed by atoms with Crippen molar-refractivity contribution < 1.29 is 99.6 Å². The predicted molar refractivity (Wildman–Crippen MR) is 285 cm³/mol. The Bertz CT molecular complexity index is 3270. The molecule has 0 unspecified atom stereocenters. The molecular weight excluding hydrogens is 1290 g/mol. The normalized spacial score (nSPS) is 12.1. The molecule has 0 aromatic heterocycles. The van der Waals surface area contributed by atoms with Gasteiger partial charge in [-0.15, -0.1) is 0 Å². The van der Waals surface area contributed by atoms with Gasteiger partial charge >= 0.3 is 37.7 Å². The first-order chi connectivity index (χ1) is 37.6. The number of aryl methyl sites for hydroxylation is 4. The van der Waals surface area contributed by atoms with Crippen LogP contribution in [0.15, 0.2) is 223 Å². The lowest BCUT2D eigenvalue weighted by Crippen LogP contribution is -3.61. The average molecular weight is 1340 g/mol. The van der Waals surface area contributed by atoms with Crippen molar-refractivity contribution in [2.24, 2.45) is 0 Å². The van der Waals surface area contributed by atoms with Gasteiger partial charge < -0.3 is 13.7 Å². The van der Waals surface area contributed by atoms with Gasteiger partial charge in [-0.2, -0.15) is 39.5 Å². The molecule has 0 saturated carbocycles. The summed E-state index contributed by atoms with van der Waals surface area (Å²) in [6.45, 7) is 8.63. The van der Waals surface area contributed by atoms with Crippen LogP contribution in [0.25, 0.3) is 0 Å². The van der Waals surface area contributed by atoms with E-state index in [4.69, 9.17) is 38.9 Å². The highest BCUT2D eigenvalue weighted by Gasteiger charge is 2.38. The molecule has 8 aromatic rings. The Morgan fingerprint density at radius 1 is 0.309 bits per heavy atom. The van der Waals surface area contributed by atoms with Gasteiger partial charge in [0.1, 0.15) is 0 Å². The molecular formula is C57H48F9IO9S5. The molecule has 0 N–H and O–H groups in total. The summed E-state index contributed by atoms with van der Waals surface area (Å²) in [6, 6.07) is 73.5.